The number of nitrogens with zero attached hydrogens (tertiary/aromatic N) is 5. The van der Waals surface area contributed by atoms with Gasteiger partial charge in [0, 0.05) is 50.7 Å². The number of likely N-dealkylation sites (tertiary alicyclic amines) is 2. The molecule has 2 aliphatic rings. The summed E-state index contributed by atoms with van der Waals surface area (Å²) < 4.78 is 8.00. The Hall–Kier alpha value is -4.61. The molecule has 8 heteroatoms. The van der Waals surface area contributed by atoms with E-state index in [0.29, 0.717) is 17.8 Å². The fourth-order valence-corrected chi connectivity index (χ4v) is 5.67. The highest BCUT2D eigenvalue weighted by molar-refractivity contribution is 6.03. The van der Waals surface area contributed by atoms with E-state index in [2.05, 4.69) is 33.3 Å². The summed E-state index contributed by atoms with van der Waals surface area (Å²) in [5.74, 6) is 9.28. The lowest BCUT2D eigenvalue weighted by molar-refractivity contribution is -0.127. The Morgan fingerprint density at radius 3 is 2.45 bits per heavy atom. The Kier molecular flexibility index (Phi) is 6.97. The molecule has 8 nitrogen and oxygen atoms in total. The molecule has 2 N–H and O–H groups in total. The summed E-state index contributed by atoms with van der Waals surface area (Å²) in [6.45, 7) is 7.07. The van der Waals surface area contributed by atoms with Crippen LogP contribution in [0.3, 0.4) is 0 Å². The highest BCUT2D eigenvalue weighted by Crippen LogP contribution is 2.37. The van der Waals surface area contributed by atoms with E-state index in [1.807, 2.05) is 71.1 Å². The first-order chi connectivity index (χ1) is 19.5. The van der Waals surface area contributed by atoms with Crippen molar-refractivity contribution in [3.63, 3.8) is 0 Å². The van der Waals surface area contributed by atoms with Crippen LogP contribution in [0.5, 0.6) is 11.5 Å². The number of nitrogens with two attached hydrogens (primary N) is 1. The van der Waals surface area contributed by atoms with Gasteiger partial charge in [-0.1, -0.05) is 42.8 Å². The molecule has 2 aromatic heterocycles. The van der Waals surface area contributed by atoms with E-state index in [1.54, 1.807) is 0 Å². The minimum Gasteiger partial charge on any atom is -0.457 e. The molecule has 2 saturated heterocycles. The molecule has 0 saturated carbocycles. The van der Waals surface area contributed by atoms with Crippen LogP contribution < -0.4 is 10.5 Å². The van der Waals surface area contributed by atoms with Crippen LogP contribution in [0, 0.1) is 17.8 Å². The highest BCUT2D eigenvalue weighted by atomic mass is 16.5. The second-order valence-corrected chi connectivity index (χ2v) is 10.4. The molecule has 2 fully saturated rings. The molecule has 202 valence electrons. The Morgan fingerprint density at radius 2 is 1.75 bits per heavy atom. The number of carbonyl (C=O) groups is 1. The molecular formula is C32H32N6O2. The van der Waals surface area contributed by atoms with E-state index < -0.39 is 0 Å². The van der Waals surface area contributed by atoms with Gasteiger partial charge >= 0.3 is 0 Å². The number of benzene rings is 2. The summed E-state index contributed by atoms with van der Waals surface area (Å²) in [6.07, 6.45) is 4.89. The van der Waals surface area contributed by atoms with Crippen molar-refractivity contribution < 1.29 is 9.53 Å². The highest BCUT2D eigenvalue weighted by Gasteiger charge is 2.34. The second kappa shape index (κ2) is 10.9. The van der Waals surface area contributed by atoms with Crippen molar-refractivity contribution in [1.82, 2.24) is 24.3 Å². The lowest BCUT2D eigenvalue weighted by atomic mass is 9.93. The molecule has 4 heterocycles. The number of ether oxygens (including phenoxy) is 1. The van der Waals surface area contributed by atoms with Crippen molar-refractivity contribution in [1.29, 1.82) is 0 Å². The van der Waals surface area contributed by atoms with Gasteiger partial charge in [-0.05, 0) is 54.7 Å². The van der Waals surface area contributed by atoms with E-state index >= 15 is 0 Å². The largest absolute Gasteiger partial charge is 0.457 e. The SMILES string of the molecule is C=CC(=O)N1CCC(N2CC(C#Cc3c(-c4ccc(Oc5ccccc5)cc4)c4c(N)ncnc4n3C)C2)CC1. The van der Waals surface area contributed by atoms with Crippen LogP contribution in [-0.4, -0.2) is 62.5 Å². The Bertz CT molecular complexity index is 1600. The van der Waals surface area contributed by atoms with Gasteiger partial charge in [0.1, 0.15) is 35.0 Å². The summed E-state index contributed by atoms with van der Waals surface area (Å²) in [7, 11) is 1.97. The molecule has 0 unspecified atom stereocenters. The van der Waals surface area contributed by atoms with Gasteiger partial charge in [-0.2, -0.15) is 0 Å². The molecule has 6 rings (SSSR count). The monoisotopic (exact) mass is 532 g/mol. The van der Waals surface area contributed by atoms with Crippen molar-refractivity contribution in [2.75, 3.05) is 31.9 Å². The van der Waals surface area contributed by atoms with Gasteiger partial charge < -0.3 is 19.9 Å². The van der Waals surface area contributed by atoms with Gasteiger partial charge in [-0.15, -0.1) is 0 Å². The number of hydrogen-bond donors (Lipinski definition) is 1. The van der Waals surface area contributed by atoms with Gasteiger partial charge in [0.05, 0.1) is 5.39 Å². The zero-order valence-electron chi connectivity index (χ0n) is 22.6. The quantitative estimate of drug-likeness (QED) is 0.301. The smallest absolute Gasteiger partial charge is 0.245 e. The minimum absolute atomic E-state index is 0.0280. The predicted octanol–water partition coefficient (Wildman–Crippen LogP) is 4.47. The number of fused-ring (bicyclic) bond motifs is 1. The maximum absolute atomic E-state index is 11.9. The average molecular weight is 533 g/mol. The minimum atomic E-state index is 0.0280. The Labute approximate surface area is 234 Å². The molecule has 2 aromatic carbocycles. The summed E-state index contributed by atoms with van der Waals surface area (Å²) in [5.41, 5.74) is 9.91. The number of hydrogen-bond acceptors (Lipinski definition) is 6. The lowest BCUT2D eigenvalue weighted by Crippen LogP contribution is -2.55. The van der Waals surface area contributed by atoms with Crippen LogP contribution in [-0.2, 0) is 11.8 Å². The molecule has 0 aliphatic carbocycles. The maximum Gasteiger partial charge on any atom is 0.245 e. The third-order valence-corrected chi connectivity index (χ3v) is 7.89. The molecule has 0 bridgehead atoms. The topological polar surface area (TPSA) is 89.5 Å². The van der Waals surface area contributed by atoms with Gasteiger partial charge in [-0.3, -0.25) is 9.69 Å². The number of para-hydroxylation sites is 1. The van der Waals surface area contributed by atoms with Crippen LogP contribution in [0.4, 0.5) is 5.82 Å². The van der Waals surface area contributed by atoms with Crippen molar-refractivity contribution in [3.8, 4) is 34.5 Å². The van der Waals surface area contributed by atoms with E-state index in [0.717, 1.165) is 78.4 Å². The number of anilines is 1. The van der Waals surface area contributed by atoms with E-state index in [4.69, 9.17) is 10.5 Å². The number of nitrogen functional groups attached to an aromatic ring is 1. The van der Waals surface area contributed by atoms with Crippen LogP contribution in [0.25, 0.3) is 22.2 Å². The fourth-order valence-electron chi connectivity index (χ4n) is 5.67. The molecule has 1 amide bonds. The third-order valence-electron chi connectivity index (χ3n) is 7.89. The zero-order valence-corrected chi connectivity index (χ0v) is 22.6. The molecule has 4 aromatic rings. The van der Waals surface area contributed by atoms with E-state index in [1.165, 1.54) is 12.4 Å². The molecule has 0 radical (unpaired) electrons. The van der Waals surface area contributed by atoms with Crippen molar-refractivity contribution in [3.05, 3.63) is 79.3 Å². The number of rotatable bonds is 5. The van der Waals surface area contributed by atoms with Gasteiger partial charge in [0.2, 0.25) is 5.91 Å². The predicted molar refractivity (Wildman–Crippen MR) is 157 cm³/mol. The average Bonchev–Trinajstić information content (AvgIpc) is 3.25. The molecular weight excluding hydrogens is 500 g/mol. The Morgan fingerprint density at radius 1 is 1.05 bits per heavy atom. The summed E-state index contributed by atoms with van der Waals surface area (Å²) >= 11 is 0. The standard InChI is InChI=1S/C32H32N6O2/c1-3-28(39)37-17-15-24(16-18-37)38-19-22(20-38)9-14-27-29(30-31(33)34-21-35-32(30)36(27)2)23-10-12-26(13-11-23)40-25-7-5-4-6-8-25/h3-8,10-13,21-22,24H,1,15-20H2,2H3,(H2,33,34,35). The van der Waals surface area contributed by atoms with Crippen LogP contribution in [0.2, 0.25) is 0 Å². The zero-order chi connectivity index (χ0) is 27.6. The number of piperidine rings is 1. The summed E-state index contributed by atoms with van der Waals surface area (Å²) in [6, 6.07) is 18.2. The maximum atomic E-state index is 11.9. The summed E-state index contributed by atoms with van der Waals surface area (Å²) in [4.78, 5) is 25.1. The van der Waals surface area contributed by atoms with Crippen molar-refractivity contribution in [2.24, 2.45) is 13.0 Å². The summed E-state index contributed by atoms with van der Waals surface area (Å²) in [5, 5.41) is 0.807. The van der Waals surface area contributed by atoms with E-state index in [-0.39, 0.29) is 5.91 Å². The van der Waals surface area contributed by atoms with Crippen LogP contribution >= 0.6 is 0 Å². The normalized spacial score (nSPS) is 16.3. The van der Waals surface area contributed by atoms with Gasteiger partial charge in [-0.25, -0.2) is 9.97 Å². The third kappa shape index (κ3) is 4.92. The van der Waals surface area contributed by atoms with Gasteiger partial charge in [0.15, 0.2) is 0 Å². The number of amides is 1. The first-order valence-corrected chi connectivity index (χ1v) is 13.6. The fraction of sp³-hybridized carbons (Fsp3) is 0.281. The number of carbonyl (C=O) groups excluding carboxylic acids is 1. The molecule has 0 spiro atoms. The van der Waals surface area contributed by atoms with Crippen LogP contribution in [0.15, 0.2) is 73.6 Å². The van der Waals surface area contributed by atoms with Gasteiger partial charge in [0.25, 0.3) is 0 Å². The molecule has 0 atom stereocenters. The number of aromatic nitrogens is 3. The first kappa shape index (κ1) is 25.7. The van der Waals surface area contributed by atoms with Crippen molar-refractivity contribution in [2.45, 2.75) is 18.9 Å². The first-order valence-electron chi connectivity index (χ1n) is 13.6. The van der Waals surface area contributed by atoms with E-state index in [9.17, 15) is 4.79 Å². The lowest BCUT2D eigenvalue weighted by Gasteiger charge is -2.45. The van der Waals surface area contributed by atoms with Crippen molar-refractivity contribution >= 4 is 22.8 Å². The molecule has 2 aliphatic heterocycles. The Balaban J connectivity index is 1.22. The van der Waals surface area contributed by atoms with Crippen LogP contribution in [0.1, 0.15) is 18.5 Å². The number of aryl methyl sites for hydroxylation is 1. The molecule has 40 heavy (non-hydrogen) atoms. The second-order valence-electron chi connectivity index (χ2n) is 10.4.